The summed E-state index contributed by atoms with van der Waals surface area (Å²) in [7, 11) is -0.0858. The summed E-state index contributed by atoms with van der Waals surface area (Å²) in [5.41, 5.74) is 0. The number of unbranched alkanes of at least 4 members (excludes halogenated alkanes) is 1. The van der Waals surface area contributed by atoms with E-state index in [2.05, 4.69) is 91.9 Å². The van der Waals surface area contributed by atoms with Gasteiger partial charge in [-0.1, -0.05) is 49.7 Å². The zero-order chi connectivity index (χ0) is 16.6. The van der Waals surface area contributed by atoms with E-state index in [1.54, 1.807) is 0 Å². The molecule has 0 saturated carbocycles. The molecule has 3 aromatic rings. The topological polar surface area (TPSA) is 9.23 Å². The van der Waals surface area contributed by atoms with E-state index in [0.717, 1.165) is 25.2 Å². The van der Waals surface area contributed by atoms with E-state index in [4.69, 9.17) is 4.74 Å². The molecule has 0 bridgehead atoms. The highest BCUT2D eigenvalue weighted by Gasteiger charge is 2.28. The predicted octanol–water partition coefficient (Wildman–Crippen LogP) is 5.96. The second kappa shape index (κ2) is 8.60. The minimum atomic E-state index is -0.0858. The second-order valence-corrected chi connectivity index (χ2v) is 7.63. The van der Waals surface area contributed by atoms with E-state index in [1.807, 2.05) is 0 Å². The molecule has 0 aromatic heterocycles. The van der Waals surface area contributed by atoms with Gasteiger partial charge in [0.1, 0.15) is 5.75 Å². The van der Waals surface area contributed by atoms with Crippen LogP contribution in [0.3, 0.4) is 0 Å². The van der Waals surface area contributed by atoms with Gasteiger partial charge in [-0.25, -0.2) is 0 Å². The quantitative estimate of drug-likeness (QED) is 0.382. The van der Waals surface area contributed by atoms with Crippen LogP contribution in [0.2, 0.25) is 0 Å². The summed E-state index contributed by atoms with van der Waals surface area (Å²) >= 11 is 0. The fourth-order valence-corrected chi connectivity index (χ4v) is 4.61. The van der Waals surface area contributed by atoms with Crippen LogP contribution in [0, 0.1) is 0 Å². The van der Waals surface area contributed by atoms with E-state index in [0.29, 0.717) is 0 Å². The molecule has 0 amide bonds. The summed E-state index contributed by atoms with van der Waals surface area (Å²) in [4.78, 5) is 3.99. The summed E-state index contributed by atoms with van der Waals surface area (Å²) in [6.45, 7) is 2.97. The molecular weight excluding hydrogens is 312 g/mol. The third-order valence-corrected chi connectivity index (χ3v) is 6.01. The van der Waals surface area contributed by atoms with Gasteiger partial charge in [-0.2, -0.15) is 0 Å². The van der Waals surface area contributed by atoms with Crippen molar-refractivity contribution >= 4 is 10.9 Å². The number of hydrogen-bond donors (Lipinski definition) is 0. The summed E-state index contributed by atoms with van der Waals surface area (Å²) in [5, 5.41) is 0. The molecule has 1 nitrogen and oxygen atoms in total. The van der Waals surface area contributed by atoms with Gasteiger partial charge < -0.3 is 4.74 Å². The molecule has 0 fully saturated rings. The van der Waals surface area contributed by atoms with Gasteiger partial charge in [0.15, 0.2) is 14.7 Å². The van der Waals surface area contributed by atoms with Gasteiger partial charge in [0.05, 0.1) is 17.5 Å². The van der Waals surface area contributed by atoms with Crippen LogP contribution in [0.15, 0.2) is 99.6 Å². The van der Waals surface area contributed by atoms with Gasteiger partial charge in [0.25, 0.3) is 0 Å². The van der Waals surface area contributed by atoms with Crippen LogP contribution >= 0.6 is 0 Å². The Hall–Kier alpha value is -2.19. The third-order valence-electron chi connectivity index (χ3n) is 3.78. The van der Waals surface area contributed by atoms with Crippen molar-refractivity contribution in [2.45, 2.75) is 34.5 Å². The zero-order valence-electron chi connectivity index (χ0n) is 14.0. The molecule has 122 valence electrons. The molecule has 0 heterocycles. The van der Waals surface area contributed by atoms with Crippen molar-refractivity contribution in [1.29, 1.82) is 0 Å². The molecule has 0 spiro atoms. The Bertz CT molecular complexity index is 683. The number of hydrogen-bond acceptors (Lipinski definition) is 1. The monoisotopic (exact) mass is 335 g/mol. The van der Waals surface area contributed by atoms with Gasteiger partial charge in [-0.05, 0) is 55.0 Å². The molecule has 0 radical (unpaired) electrons. The minimum Gasteiger partial charge on any atom is -0.494 e. The molecule has 24 heavy (non-hydrogen) atoms. The minimum absolute atomic E-state index is 0.0858. The van der Waals surface area contributed by atoms with E-state index in [-0.39, 0.29) is 10.9 Å². The van der Waals surface area contributed by atoms with Crippen LogP contribution in [0.5, 0.6) is 5.75 Å². The summed E-state index contributed by atoms with van der Waals surface area (Å²) in [6, 6.07) is 30.0. The zero-order valence-corrected chi connectivity index (χ0v) is 14.8. The summed E-state index contributed by atoms with van der Waals surface area (Å²) in [5.74, 6) is 0.955. The highest BCUT2D eigenvalue weighted by atomic mass is 32.2. The average Bonchev–Trinajstić information content (AvgIpc) is 2.65. The van der Waals surface area contributed by atoms with Crippen LogP contribution in [0.4, 0.5) is 0 Å². The van der Waals surface area contributed by atoms with E-state index >= 15 is 0 Å². The molecule has 0 unspecified atom stereocenters. The molecule has 0 saturated heterocycles. The first-order valence-electron chi connectivity index (χ1n) is 8.46. The molecule has 0 aliphatic carbocycles. The maximum atomic E-state index is 5.80. The fraction of sp³-hybridized carbons (Fsp3) is 0.182. The molecule has 2 heteroatoms. The Balaban J connectivity index is 1.89. The van der Waals surface area contributed by atoms with Crippen LogP contribution in [0.1, 0.15) is 19.8 Å². The van der Waals surface area contributed by atoms with Gasteiger partial charge in [0.2, 0.25) is 0 Å². The standard InChI is InChI=1S/C22H23OS/c1-2-3-18-23-19-14-16-22(17-15-19)24(20-10-6-4-7-11-20)21-12-8-5-9-13-21/h4-17H,2-3,18H2,1H3/q+1. The lowest BCUT2D eigenvalue weighted by Gasteiger charge is -2.09. The molecule has 0 aliphatic heterocycles. The Kier molecular flexibility index (Phi) is 5.97. The number of benzene rings is 3. The molecule has 3 rings (SSSR count). The molecule has 0 N–H and O–H groups in total. The van der Waals surface area contributed by atoms with Gasteiger partial charge >= 0.3 is 0 Å². The van der Waals surface area contributed by atoms with Crippen LogP contribution < -0.4 is 4.74 Å². The highest BCUT2D eigenvalue weighted by molar-refractivity contribution is 7.97. The van der Waals surface area contributed by atoms with Crippen molar-refractivity contribution in [3.05, 3.63) is 84.9 Å². The summed E-state index contributed by atoms with van der Waals surface area (Å²) in [6.07, 6.45) is 2.25. The maximum absolute atomic E-state index is 5.80. The Morgan fingerprint density at radius 1 is 0.667 bits per heavy atom. The molecule has 3 aromatic carbocycles. The van der Waals surface area contributed by atoms with Crippen molar-refractivity contribution in [3.8, 4) is 5.75 Å². The largest absolute Gasteiger partial charge is 0.494 e. The average molecular weight is 335 g/mol. The van der Waals surface area contributed by atoms with Crippen molar-refractivity contribution in [3.63, 3.8) is 0 Å². The SMILES string of the molecule is CCCCOc1ccc([S+](c2ccccc2)c2ccccc2)cc1. The Morgan fingerprint density at radius 3 is 1.67 bits per heavy atom. The predicted molar refractivity (Wildman–Crippen MR) is 102 cm³/mol. The van der Waals surface area contributed by atoms with E-state index in [1.165, 1.54) is 14.7 Å². The summed E-state index contributed by atoms with van der Waals surface area (Å²) < 4.78 is 5.80. The Labute approximate surface area is 147 Å². The molecule has 0 atom stereocenters. The Morgan fingerprint density at radius 2 is 1.17 bits per heavy atom. The van der Waals surface area contributed by atoms with E-state index in [9.17, 15) is 0 Å². The number of rotatable bonds is 7. The van der Waals surface area contributed by atoms with Gasteiger partial charge in [0, 0.05) is 0 Å². The van der Waals surface area contributed by atoms with Gasteiger partial charge in [-0.3, -0.25) is 0 Å². The van der Waals surface area contributed by atoms with E-state index < -0.39 is 0 Å². The smallest absolute Gasteiger partial charge is 0.166 e. The van der Waals surface area contributed by atoms with Crippen molar-refractivity contribution < 1.29 is 4.74 Å². The number of ether oxygens (including phenoxy) is 1. The third kappa shape index (κ3) is 4.21. The van der Waals surface area contributed by atoms with Gasteiger partial charge in [-0.15, -0.1) is 0 Å². The van der Waals surface area contributed by atoms with Crippen molar-refractivity contribution in [1.82, 2.24) is 0 Å². The first-order valence-corrected chi connectivity index (χ1v) is 9.68. The van der Waals surface area contributed by atoms with Crippen molar-refractivity contribution in [2.24, 2.45) is 0 Å². The highest BCUT2D eigenvalue weighted by Crippen LogP contribution is 2.31. The maximum Gasteiger partial charge on any atom is 0.166 e. The fourth-order valence-electron chi connectivity index (χ4n) is 2.53. The van der Waals surface area contributed by atoms with Crippen LogP contribution in [0.25, 0.3) is 0 Å². The lowest BCUT2D eigenvalue weighted by molar-refractivity contribution is 0.309. The molecular formula is C22H23OS+. The van der Waals surface area contributed by atoms with Crippen LogP contribution in [-0.4, -0.2) is 6.61 Å². The second-order valence-electron chi connectivity index (χ2n) is 5.61. The normalized spacial score (nSPS) is 10.8. The molecule has 0 aliphatic rings. The first-order chi connectivity index (χ1) is 11.9. The van der Waals surface area contributed by atoms with Crippen molar-refractivity contribution in [2.75, 3.05) is 6.61 Å². The van der Waals surface area contributed by atoms with Crippen LogP contribution in [-0.2, 0) is 10.9 Å². The first kappa shape index (κ1) is 16.7. The lowest BCUT2D eigenvalue weighted by atomic mass is 10.3. The lowest BCUT2D eigenvalue weighted by Crippen LogP contribution is -2.04.